The Hall–Kier alpha value is -3.10. The maximum Gasteiger partial charge on any atom is 0.290 e. The number of nitrogens with zero attached hydrogens (tertiary/aromatic N) is 1. The summed E-state index contributed by atoms with van der Waals surface area (Å²) in [5.41, 5.74) is 3.14. The first kappa shape index (κ1) is 23.6. The van der Waals surface area contributed by atoms with Gasteiger partial charge in [-0.1, -0.05) is 36.3 Å². The molecule has 0 unspecified atom stereocenters. The molecular formula is C24H27F2N3O3. The molecule has 32 heavy (non-hydrogen) atoms. The minimum atomic E-state index is -1.02. The zero-order valence-electron chi connectivity index (χ0n) is 18.1. The molecule has 0 fully saturated rings. The summed E-state index contributed by atoms with van der Waals surface area (Å²) in [6.07, 6.45) is -0.0685. The number of rotatable bonds is 10. The number of aliphatic hydroxyl groups is 1. The van der Waals surface area contributed by atoms with E-state index in [2.05, 4.69) is 28.8 Å². The van der Waals surface area contributed by atoms with Gasteiger partial charge in [0.15, 0.2) is 0 Å². The summed E-state index contributed by atoms with van der Waals surface area (Å²) in [6.45, 7) is 4.45. The van der Waals surface area contributed by atoms with Crippen LogP contribution in [0.25, 0.3) is 0 Å². The van der Waals surface area contributed by atoms with Gasteiger partial charge in [-0.15, -0.1) is 0 Å². The maximum atomic E-state index is 13.6. The fourth-order valence-electron chi connectivity index (χ4n) is 3.44. The summed E-state index contributed by atoms with van der Waals surface area (Å²) >= 11 is 0. The second kappa shape index (κ2) is 11.0. The van der Waals surface area contributed by atoms with Crippen LogP contribution in [0.2, 0.25) is 0 Å². The van der Waals surface area contributed by atoms with Gasteiger partial charge >= 0.3 is 0 Å². The molecule has 0 radical (unpaired) electrons. The minimum Gasteiger partial charge on any atom is -0.390 e. The molecular weight excluding hydrogens is 416 g/mol. The topological polar surface area (TPSA) is 87.4 Å². The second-order valence-electron chi connectivity index (χ2n) is 7.77. The molecule has 1 aromatic heterocycles. The van der Waals surface area contributed by atoms with Crippen LogP contribution in [0.15, 0.2) is 53.1 Å². The third-order valence-electron chi connectivity index (χ3n) is 5.09. The van der Waals surface area contributed by atoms with Crippen LogP contribution < -0.4 is 10.6 Å². The smallest absolute Gasteiger partial charge is 0.290 e. The number of halogens is 2. The van der Waals surface area contributed by atoms with Crippen molar-refractivity contribution in [3.63, 3.8) is 0 Å². The third-order valence-corrected chi connectivity index (χ3v) is 5.09. The average molecular weight is 443 g/mol. The predicted octanol–water partition coefficient (Wildman–Crippen LogP) is 3.32. The van der Waals surface area contributed by atoms with Gasteiger partial charge < -0.3 is 20.3 Å². The monoisotopic (exact) mass is 443 g/mol. The Balaban J connectivity index is 1.68. The summed E-state index contributed by atoms with van der Waals surface area (Å²) in [5.74, 6) is -2.02. The van der Waals surface area contributed by atoms with Crippen LogP contribution in [0.3, 0.4) is 0 Å². The lowest BCUT2D eigenvalue weighted by atomic mass is 10.00. The molecule has 8 heteroatoms. The number of aliphatic hydroxyl groups excluding tert-OH is 1. The summed E-state index contributed by atoms with van der Waals surface area (Å²) in [6, 6.07) is 11.9. The van der Waals surface area contributed by atoms with Gasteiger partial charge in [0.2, 0.25) is 5.76 Å². The standard InChI is InChI=1S/C24H27F2N3O3/c1-3-16-5-4-6-17(8-16)13-27-14-22(30)21(11-18-9-19(25)12-20(26)10-18)28-24(31)23-7-15(2)29-32-23/h4-10,12,21-22,27,30H,3,11,13-14H2,1-2H3,(H,28,31)/t21-,22+/m0/s1. The fraction of sp³-hybridized carbons (Fsp3) is 0.333. The van der Waals surface area contributed by atoms with Crippen LogP contribution in [0.1, 0.15) is 39.9 Å². The van der Waals surface area contributed by atoms with Gasteiger partial charge in [0.05, 0.1) is 17.8 Å². The fourth-order valence-corrected chi connectivity index (χ4v) is 3.44. The average Bonchev–Trinajstić information content (AvgIpc) is 3.19. The van der Waals surface area contributed by atoms with Crippen LogP contribution in [0.5, 0.6) is 0 Å². The Morgan fingerprint density at radius 1 is 1.09 bits per heavy atom. The van der Waals surface area contributed by atoms with Gasteiger partial charge in [0.25, 0.3) is 5.91 Å². The number of nitrogens with one attached hydrogen (secondary N) is 2. The number of hydrogen-bond donors (Lipinski definition) is 3. The molecule has 170 valence electrons. The molecule has 1 heterocycles. The van der Waals surface area contributed by atoms with Crippen molar-refractivity contribution in [2.75, 3.05) is 6.54 Å². The Morgan fingerprint density at radius 2 is 1.81 bits per heavy atom. The van der Waals surface area contributed by atoms with E-state index in [1.54, 1.807) is 6.92 Å². The summed E-state index contributed by atoms with van der Waals surface area (Å²) in [4.78, 5) is 12.5. The van der Waals surface area contributed by atoms with E-state index in [0.29, 0.717) is 17.8 Å². The van der Waals surface area contributed by atoms with Gasteiger partial charge in [-0.2, -0.15) is 0 Å². The van der Waals surface area contributed by atoms with Crippen molar-refractivity contribution in [2.45, 2.75) is 45.4 Å². The number of benzene rings is 2. The second-order valence-corrected chi connectivity index (χ2v) is 7.77. The van der Waals surface area contributed by atoms with Gasteiger partial charge in [0, 0.05) is 25.2 Å². The molecule has 0 aliphatic rings. The van der Waals surface area contributed by atoms with Crippen molar-refractivity contribution in [3.8, 4) is 0 Å². The van der Waals surface area contributed by atoms with Crippen molar-refractivity contribution in [1.82, 2.24) is 15.8 Å². The number of carbonyl (C=O) groups excluding carboxylic acids is 1. The summed E-state index contributed by atoms with van der Waals surface area (Å²) in [7, 11) is 0. The highest BCUT2D eigenvalue weighted by molar-refractivity contribution is 5.91. The van der Waals surface area contributed by atoms with Crippen molar-refractivity contribution in [2.24, 2.45) is 0 Å². The molecule has 0 aliphatic heterocycles. The lowest BCUT2D eigenvalue weighted by molar-refractivity contribution is 0.0796. The number of amides is 1. The first-order valence-electron chi connectivity index (χ1n) is 10.5. The molecule has 3 aromatic rings. The lowest BCUT2D eigenvalue weighted by Gasteiger charge is -2.24. The van der Waals surface area contributed by atoms with Crippen LogP contribution >= 0.6 is 0 Å². The highest BCUT2D eigenvalue weighted by Crippen LogP contribution is 2.13. The van der Waals surface area contributed by atoms with Crippen LogP contribution in [0.4, 0.5) is 8.78 Å². The minimum absolute atomic E-state index is 0.00513. The Bertz CT molecular complexity index is 1030. The van der Waals surface area contributed by atoms with Crippen molar-refractivity contribution in [3.05, 3.63) is 88.3 Å². The lowest BCUT2D eigenvalue weighted by Crippen LogP contribution is -2.48. The van der Waals surface area contributed by atoms with E-state index in [1.807, 2.05) is 18.2 Å². The van der Waals surface area contributed by atoms with E-state index in [9.17, 15) is 18.7 Å². The van der Waals surface area contributed by atoms with Gasteiger partial charge in [0.1, 0.15) is 11.6 Å². The van der Waals surface area contributed by atoms with E-state index in [0.717, 1.165) is 18.1 Å². The Labute approximate surface area is 185 Å². The number of hydrogen-bond acceptors (Lipinski definition) is 5. The number of aryl methyl sites for hydroxylation is 2. The molecule has 0 spiro atoms. The van der Waals surface area contributed by atoms with Gasteiger partial charge in [-0.25, -0.2) is 8.78 Å². The maximum absolute atomic E-state index is 13.6. The van der Waals surface area contributed by atoms with Gasteiger partial charge in [-0.05, 0) is 48.6 Å². The van der Waals surface area contributed by atoms with E-state index in [-0.39, 0.29) is 18.7 Å². The predicted molar refractivity (Wildman–Crippen MR) is 116 cm³/mol. The molecule has 0 aliphatic carbocycles. The molecule has 6 nitrogen and oxygen atoms in total. The quantitative estimate of drug-likeness (QED) is 0.448. The molecule has 2 atom stereocenters. The van der Waals surface area contributed by atoms with Crippen LogP contribution in [-0.4, -0.2) is 34.9 Å². The van der Waals surface area contributed by atoms with E-state index < -0.39 is 29.7 Å². The van der Waals surface area contributed by atoms with Crippen LogP contribution in [-0.2, 0) is 19.4 Å². The molecule has 1 amide bonds. The number of carbonyl (C=O) groups is 1. The summed E-state index contributed by atoms with van der Waals surface area (Å²) in [5, 5.41) is 20.3. The highest BCUT2D eigenvalue weighted by atomic mass is 19.1. The third kappa shape index (κ3) is 6.70. The summed E-state index contributed by atoms with van der Waals surface area (Å²) < 4.78 is 32.2. The Kier molecular flexibility index (Phi) is 8.08. The van der Waals surface area contributed by atoms with E-state index in [4.69, 9.17) is 4.52 Å². The molecule has 3 rings (SSSR count). The van der Waals surface area contributed by atoms with Crippen molar-refractivity contribution >= 4 is 5.91 Å². The largest absolute Gasteiger partial charge is 0.390 e. The highest BCUT2D eigenvalue weighted by Gasteiger charge is 2.24. The SMILES string of the molecule is CCc1cccc(CNC[C@@H](O)[C@H](Cc2cc(F)cc(F)c2)NC(=O)c2cc(C)no2)c1. The molecule has 2 aromatic carbocycles. The van der Waals surface area contributed by atoms with Crippen molar-refractivity contribution in [1.29, 1.82) is 0 Å². The first-order chi connectivity index (χ1) is 15.3. The zero-order chi connectivity index (χ0) is 23.1. The first-order valence-corrected chi connectivity index (χ1v) is 10.5. The van der Waals surface area contributed by atoms with Crippen molar-refractivity contribution < 1.29 is 23.2 Å². The Morgan fingerprint density at radius 3 is 2.47 bits per heavy atom. The molecule has 0 saturated carbocycles. The normalized spacial score (nSPS) is 13.0. The number of aromatic nitrogens is 1. The van der Waals surface area contributed by atoms with E-state index >= 15 is 0 Å². The van der Waals surface area contributed by atoms with Gasteiger partial charge in [-0.3, -0.25) is 4.79 Å². The van der Waals surface area contributed by atoms with E-state index in [1.165, 1.54) is 23.8 Å². The zero-order valence-corrected chi connectivity index (χ0v) is 18.1. The molecule has 0 bridgehead atoms. The van der Waals surface area contributed by atoms with Crippen LogP contribution in [0, 0.1) is 18.6 Å². The molecule has 0 saturated heterocycles. The molecule has 3 N–H and O–H groups in total.